The molecule has 3 aromatic rings. The second kappa shape index (κ2) is 8.74. The van der Waals surface area contributed by atoms with Crippen molar-refractivity contribution >= 4 is 17.5 Å². The molecule has 29 heavy (non-hydrogen) atoms. The normalized spacial score (nSPS) is 13.1. The quantitative estimate of drug-likeness (QED) is 0.626. The molecule has 2 amide bonds. The van der Waals surface area contributed by atoms with Gasteiger partial charge in [0, 0.05) is 29.6 Å². The third kappa shape index (κ3) is 4.91. The molecule has 146 valence electrons. The molecule has 4 nitrogen and oxygen atoms in total. The van der Waals surface area contributed by atoms with Crippen molar-refractivity contribution in [1.82, 2.24) is 5.32 Å². The van der Waals surface area contributed by atoms with Crippen molar-refractivity contribution in [3.8, 4) is 0 Å². The van der Waals surface area contributed by atoms with Crippen LogP contribution < -0.4 is 10.6 Å². The van der Waals surface area contributed by atoms with Crippen molar-refractivity contribution in [3.05, 3.63) is 102 Å². The standard InChI is InChI=1S/C25H24N2O2/c28-24(21-12-7-13-22(16-21)27-25(29)20-14-15-20)26-17-23(18-8-3-1-4-9-18)19-10-5-2-6-11-19/h1-13,16,20,23H,14-15,17H2,(H,26,28)(H,27,29). The third-order valence-electron chi connectivity index (χ3n) is 5.21. The van der Waals surface area contributed by atoms with Gasteiger partial charge in [0.15, 0.2) is 0 Å². The smallest absolute Gasteiger partial charge is 0.251 e. The number of carbonyl (C=O) groups is 2. The molecule has 1 aliphatic rings. The maximum Gasteiger partial charge on any atom is 0.251 e. The summed E-state index contributed by atoms with van der Waals surface area (Å²) >= 11 is 0. The van der Waals surface area contributed by atoms with E-state index in [9.17, 15) is 9.59 Å². The first-order valence-electron chi connectivity index (χ1n) is 10.00. The third-order valence-corrected chi connectivity index (χ3v) is 5.21. The Balaban J connectivity index is 1.46. The van der Waals surface area contributed by atoms with E-state index < -0.39 is 0 Å². The Morgan fingerprint density at radius 2 is 1.45 bits per heavy atom. The van der Waals surface area contributed by atoms with E-state index in [0.29, 0.717) is 17.8 Å². The Morgan fingerprint density at radius 1 is 0.828 bits per heavy atom. The van der Waals surface area contributed by atoms with Gasteiger partial charge in [-0.25, -0.2) is 0 Å². The largest absolute Gasteiger partial charge is 0.351 e. The number of nitrogens with one attached hydrogen (secondary N) is 2. The Bertz CT molecular complexity index is 942. The zero-order valence-corrected chi connectivity index (χ0v) is 16.2. The van der Waals surface area contributed by atoms with Crippen LogP contribution in [0.5, 0.6) is 0 Å². The van der Waals surface area contributed by atoms with Crippen molar-refractivity contribution in [2.75, 3.05) is 11.9 Å². The van der Waals surface area contributed by atoms with Gasteiger partial charge < -0.3 is 10.6 Å². The Morgan fingerprint density at radius 3 is 2.03 bits per heavy atom. The van der Waals surface area contributed by atoms with E-state index in [0.717, 1.165) is 24.0 Å². The first-order valence-corrected chi connectivity index (χ1v) is 10.00. The molecule has 0 atom stereocenters. The minimum Gasteiger partial charge on any atom is -0.351 e. The summed E-state index contributed by atoms with van der Waals surface area (Å²) in [7, 11) is 0. The van der Waals surface area contributed by atoms with Crippen LogP contribution in [-0.4, -0.2) is 18.4 Å². The maximum absolute atomic E-state index is 12.8. The first-order chi connectivity index (χ1) is 14.2. The second-order valence-corrected chi connectivity index (χ2v) is 7.43. The minimum absolute atomic E-state index is 0.0378. The highest BCUT2D eigenvalue weighted by molar-refractivity contribution is 5.98. The summed E-state index contributed by atoms with van der Waals surface area (Å²) in [6.07, 6.45) is 1.90. The van der Waals surface area contributed by atoms with Crippen LogP contribution in [-0.2, 0) is 4.79 Å². The van der Waals surface area contributed by atoms with E-state index in [-0.39, 0.29) is 23.7 Å². The molecule has 1 aliphatic carbocycles. The van der Waals surface area contributed by atoms with Crippen molar-refractivity contribution in [2.45, 2.75) is 18.8 Å². The van der Waals surface area contributed by atoms with Gasteiger partial charge in [0.2, 0.25) is 5.91 Å². The summed E-state index contributed by atoms with van der Waals surface area (Å²) in [6, 6.07) is 27.5. The fraction of sp³-hybridized carbons (Fsp3) is 0.200. The van der Waals surface area contributed by atoms with E-state index in [1.807, 2.05) is 42.5 Å². The molecular weight excluding hydrogens is 360 g/mol. The summed E-state index contributed by atoms with van der Waals surface area (Å²) in [6.45, 7) is 0.492. The van der Waals surface area contributed by atoms with Crippen molar-refractivity contribution in [2.24, 2.45) is 5.92 Å². The predicted molar refractivity (Wildman–Crippen MR) is 115 cm³/mol. The molecule has 1 saturated carbocycles. The predicted octanol–water partition coefficient (Wildman–Crippen LogP) is 4.60. The van der Waals surface area contributed by atoms with Gasteiger partial charge >= 0.3 is 0 Å². The fourth-order valence-electron chi connectivity index (χ4n) is 3.42. The van der Waals surface area contributed by atoms with Crippen LogP contribution in [0.15, 0.2) is 84.9 Å². The molecule has 0 heterocycles. The summed E-state index contributed by atoms with van der Waals surface area (Å²) < 4.78 is 0. The van der Waals surface area contributed by atoms with Crippen molar-refractivity contribution in [1.29, 1.82) is 0 Å². The van der Waals surface area contributed by atoms with Gasteiger partial charge in [0.05, 0.1) is 0 Å². The average molecular weight is 384 g/mol. The zero-order valence-electron chi connectivity index (χ0n) is 16.2. The van der Waals surface area contributed by atoms with Gasteiger partial charge in [0.25, 0.3) is 5.91 Å². The van der Waals surface area contributed by atoms with Crippen LogP contribution >= 0.6 is 0 Å². The number of anilines is 1. The maximum atomic E-state index is 12.8. The minimum atomic E-state index is -0.149. The van der Waals surface area contributed by atoms with Crippen LogP contribution in [0.3, 0.4) is 0 Å². The van der Waals surface area contributed by atoms with Crippen molar-refractivity contribution in [3.63, 3.8) is 0 Å². The molecule has 2 N–H and O–H groups in total. The SMILES string of the molecule is O=C(NCC(c1ccccc1)c1ccccc1)c1cccc(NC(=O)C2CC2)c1. The number of benzene rings is 3. The summed E-state index contributed by atoms with van der Waals surface area (Å²) in [4.78, 5) is 24.7. The van der Waals surface area contributed by atoms with Crippen LogP contribution in [0.25, 0.3) is 0 Å². The van der Waals surface area contributed by atoms with E-state index in [2.05, 4.69) is 34.9 Å². The lowest BCUT2D eigenvalue weighted by atomic mass is 9.91. The highest BCUT2D eigenvalue weighted by atomic mass is 16.2. The first kappa shape index (κ1) is 18.9. The van der Waals surface area contributed by atoms with Crippen LogP contribution in [0.1, 0.15) is 40.2 Å². The van der Waals surface area contributed by atoms with Crippen LogP contribution in [0.2, 0.25) is 0 Å². The van der Waals surface area contributed by atoms with Gasteiger partial charge in [-0.2, -0.15) is 0 Å². The lowest BCUT2D eigenvalue weighted by Crippen LogP contribution is -2.29. The summed E-state index contributed by atoms with van der Waals surface area (Å²) in [5.41, 5.74) is 3.52. The van der Waals surface area contributed by atoms with E-state index in [1.165, 1.54) is 0 Å². The highest BCUT2D eigenvalue weighted by Gasteiger charge is 2.29. The van der Waals surface area contributed by atoms with Crippen LogP contribution in [0.4, 0.5) is 5.69 Å². The van der Waals surface area contributed by atoms with Gasteiger partial charge in [-0.05, 0) is 42.2 Å². The fourth-order valence-corrected chi connectivity index (χ4v) is 3.42. The molecular formula is C25H24N2O2. The number of carbonyl (C=O) groups excluding carboxylic acids is 2. The molecule has 4 heteroatoms. The molecule has 0 radical (unpaired) electrons. The molecule has 0 saturated heterocycles. The van der Waals surface area contributed by atoms with E-state index in [4.69, 9.17) is 0 Å². The zero-order chi connectivity index (χ0) is 20.1. The summed E-state index contributed by atoms with van der Waals surface area (Å²) in [5.74, 6) is 0.0873. The Hall–Kier alpha value is -3.40. The number of rotatable bonds is 7. The topological polar surface area (TPSA) is 58.2 Å². The van der Waals surface area contributed by atoms with Gasteiger partial charge in [-0.15, -0.1) is 0 Å². The molecule has 0 aromatic heterocycles. The molecule has 0 bridgehead atoms. The van der Waals surface area contributed by atoms with Gasteiger partial charge in [-0.3, -0.25) is 9.59 Å². The molecule has 0 aliphatic heterocycles. The molecule has 0 unspecified atom stereocenters. The molecule has 4 rings (SSSR count). The lowest BCUT2D eigenvalue weighted by molar-refractivity contribution is -0.117. The number of amides is 2. The Labute approximate surface area is 171 Å². The monoisotopic (exact) mass is 384 g/mol. The second-order valence-electron chi connectivity index (χ2n) is 7.43. The lowest BCUT2D eigenvalue weighted by Gasteiger charge is -2.19. The van der Waals surface area contributed by atoms with Crippen molar-refractivity contribution < 1.29 is 9.59 Å². The van der Waals surface area contributed by atoms with E-state index >= 15 is 0 Å². The van der Waals surface area contributed by atoms with Crippen LogP contribution in [0, 0.1) is 5.92 Å². The highest BCUT2D eigenvalue weighted by Crippen LogP contribution is 2.30. The number of hydrogen-bond donors (Lipinski definition) is 2. The average Bonchev–Trinajstić information content (AvgIpc) is 3.61. The number of hydrogen-bond acceptors (Lipinski definition) is 2. The molecule has 0 spiro atoms. The molecule has 3 aromatic carbocycles. The molecule has 1 fully saturated rings. The van der Waals surface area contributed by atoms with E-state index in [1.54, 1.807) is 18.2 Å². The van der Waals surface area contributed by atoms with Gasteiger partial charge in [-0.1, -0.05) is 66.7 Å². The Kier molecular flexibility index (Phi) is 5.71. The summed E-state index contributed by atoms with van der Waals surface area (Å²) in [5, 5.41) is 5.96. The van der Waals surface area contributed by atoms with Gasteiger partial charge in [0.1, 0.15) is 0 Å².